The van der Waals surface area contributed by atoms with E-state index in [0.717, 1.165) is 29.9 Å². The number of hydrogen-bond acceptors (Lipinski definition) is 2. The monoisotopic (exact) mass is 269 g/mol. The topological polar surface area (TPSA) is 46.1 Å². The molecule has 0 bridgehead atoms. The summed E-state index contributed by atoms with van der Waals surface area (Å²) >= 11 is 0. The molecule has 3 rings (SSSR count). The molecule has 2 aromatic rings. The Morgan fingerprint density at radius 1 is 1.15 bits per heavy atom. The van der Waals surface area contributed by atoms with E-state index in [1.807, 2.05) is 48.9 Å². The van der Waals surface area contributed by atoms with Crippen LogP contribution in [0.2, 0.25) is 0 Å². The van der Waals surface area contributed by atoms with Crippen LogP contribution in [0.1, 0.15) is 23.4 Å². The minimum Gasteiger partial charge on any atom is -0.324 e. The average Bonchev–Trinajstić information content (AvgIpc) is 2.67. The molecule has 0 saturated heterocycles. The molecule has 4 nitrogen and oxygen atoms in total. The molecule has 2 heterocycles. The molecule has 1 aliphatic rings. The molecule has 0 fully saturated rings. The second-order valence-electron chi connectivity index (χ2n) is 5.32. The maximum absolute atomic E-state index is 12.3. The quantitative estimate of drug-likeness (QED) is 0.880. The van der Waals surface area contributed by atoms with Crippen molar-refractivity contribution in [2.24, 2.45) is 0 Å². The lowest BCUT2D eigenvalue weighted by Gasteiger charge is -2.20. The van der Waals surface area contributed by atoms with E-state index in [9.17, 15) is 4.79 Å². The largest absolute Gasteiger partial charge is 0.324 e. The first kappa shape index (κ1) is 12.8. The van der Waals surface area contributed by atoms with Gasteiger partial charge in [-0.25, -0.2) is 0 Å². The Labute approximate surface area is 118 Å². The standard InChI is InChI=1S/C16H19N3O/c1-11-7-8-12(2)19(11)18-15-10-9-13-5-3-4-6-14(13)17-16(15)20/h3-8,15,18H,9-10H2,1-2H3,(H,17,20). The number of aromatic nitrogens is 1. The van der Waals surface area contributed by atoms with Gasteiger partial charge < -0.3 is 10.7 Å². The lowest BCUT2D eigenvalue weighted by molar-refractivity contribution is -0.117. The first-order valence-corrected chi connectivity index (χ1v) is 6.95. The normalized spacial score (nSPS) is 18.1. The van der Waals surface area contributed by atoms with Gasteiger partial charge in [0.05, 0.1) is 0 Å². The summed E-state index contributed by atoms with van der Waals surface area (Å²) in [6.07, 6.45) is 1.69. The van der Waals surface area contributed by atoms with Gasteiger partial charge in [0.25, 0.3) is 0 Å². The summed E-state index contributed by atoms with van der Waals surface area (Å²) in [7, 11) is 0. The Morgan fingerprint density at radius 3 is 2.60 bits per heavy atom. The van der Waals surface area contributed by atoms with E-state index >= 15 is 0 Å². The molecule has 104 valence electrons. The number of para-hydroxylation sites is 1. The smallest absolute Gasteiger partial charge is 0.248 e. The Morgan fingerprint density at radius 2 is 1.85 bits per heavy atom. The maximum atomic E-state index is 12.3. The molecule has 1 unspecified atom stereocenters. The molecule has 0 saturated carbocycles. The van der Waals surface area contributed by atoms with Crippen LogP contribution < -0.4 is 10.7 Å². The molecule has 4 heteroatoms. The lowest BCUT2D eigenvalue weighted by Crippen LogP contribution is -2.39. The molecule has 1 aliphatic heterocycles. The summed E-state index contributed by atoms with van der Waals surface area (Å²) in [5.74, 6) is 0.0300. The number of rotatable bonds is 2. The van der Waals surface area contributed by atoms with Gasteiger partial charge in [-0.1, -0.05) is 18.2 Å². The van der Waals surface area contributed by atoms with Gasteiger partial charge in [-0.05, 0) is 50.5 Å². The first-order valence-electron chi connectivity index (χ1n) is 6.95. The van der Waals surface area contributed by atoms with E-state index in [4.69, 9.17) is 0 Å². The van der Waals surface area contributed by atoms with Gasteiger partial charge in [-0.2, -0.15) is 0 Å². The summed E-state index contributed by atoms with van der Waals surface area (Å²) in [5, 5.41) is 3.01. The minimum absolute atomic E-state index is 0.0300. The van der Waals surface area contributed by atoms with E-state index in [1.54, 1.807) is 0 Å². The fourth-order valence-electron chi connectivity index (χ4n) is 2.66. The molecule has 20 heavy (non-hydrogen) atoms. The third-order valence-electron chi connectivity index (χ3n) is 3.85. The van der Waals surface area contributed by atoms with Gasteiger partial charge in [0.1, 0.15) is 6.04 Å². The molecule has 0 aliphatic carbocycles. The van der Waals surface area contributed by atoms with Gasteiger partial charge in [-0.3, -0.25) is 9.47 Å². The Balaban J connectivity index is 1.82. The number of nitrogens with zero attached hydrogens (tertiary/aromatic N) is 1. The molecule has 0 radical (unpaired) electrons. The fourth-order valence-corrected chi connectivity index (χ4v) is 2.66. The van der Waals surface area contributed by atoms with Crippen LogP contribution in [-0.2, 0) is 11.2 Å². The molecule has 1 aromatic carbocycles. The third-order valence-corrected chi connectivity index (χ3v) is 3.85. The molecule has 2 N–H and O–H groups in total. The predicted octanol–water partition coefficient (Wildman–Crippen LogP) is 2.60. The van der Waals surface area contributed by atoms with E-state index in [-0.39, 0.29) is 11.9 Å². The highest BCUT2D eigenvalue weighted by Gasteiger charge is 2.23. The van der Waals surface area contributed by atoms with Gasteiger partial charge >= 0.3 is 0 Å². The maximum Gasteiger partial charge on any atom is 0.248 e. The Hall–Kier alpha value is -2.23. The highest BCUT2D eigenvalue weighted by Crippen LogP contribution is 2.22. The summed E-state index contributed by atoms with van der Waals surface area (Å²) in [6, 6.07) is 11.9. The molecular weight excluding hydrogens is 250 g/mol. The number of hydrogen-bond donors (Lipinski definition) is 2. The van der Waals surface area contributed by atoms with Crippen molar-refractivity contribution in [3.63, 3.8) is 0 Å². The van der Waals surface area contributed by atoms with E-state index in [0.29, 0.717) is 0 Å². The molecule has 1 atom stereocenters. The van der Waals surface area contributed by atoms with Crippen molar-refractivity contribution in [2.45, 2.75) is 32.7 Å². The van der Waals surface area contributed by atoms with Crippen molar-refractivity contribution in [3.8, 4) is 0 Å². The minimum atomic E-state index is -0.216. The number of anilines is 1. The number of carbonyl (C=O) groups excluding carboxylic acids is 1. The number of amides is 1. The Kier molecular flexibility index (Phi) is 3.22. The number of fused-ring (bicyclic) bond motifs is 1. The van der Waals surface area contributed by atoms with E-state index in [2.05, 4.69) is 16.8 Å². The molecule has 1 aromatic heterocycles. The van der Waals surface area contributed by atoms with Crippen LogP contribution in [0.3, 0.4) is 0 Å². The zero-order chi connectivity index (χ0) is 14.1. The van der Waals surface area contributed by atoms with Crippen molar-refractivity contribution in [1.29, 1.82) is 0 Å². The van der Waals surface area contributed by atoms with Gasteiger partial charge in [0.15, 0.2) is 0 Å². The van der Waals surface area contributed by atoms with Crippen LogP contribution in [0.5, 0.6) is 0 Å². The van der Waals surface area contributed by atoms with Crippen LogP contribution in [0.25, 0.3) is 0 Å². The van der Waals surface area contributed by atoms with Crippen LogP contribution in [0.15, 0.2) is 36.4 Å². The summed E-state index contributed by atoms with van der Waals surface area (Å²) in [4.78, 5) is 12.3. The van der Waals surface area contributed by atoms with Crippen LogP contribution in [0.4, 0.5) is 5.69 Å². The predicted molar refractivity (Wildman–Crippen MR) is 80.4 cm³/mol. The van der Waals surface area contributed by atoms with Crippen LogP contribution >= 0.6 is 0 Å². The number of aryl methyl sites for hydroxylation is 3. The van der Waals surface area contributed by atoms with Crippen molar-refractivity contribution in [3.05, 3.63) is 53.3 Å². The number of nitrogens with one attached hydrogen (secondary N) is 2. The molecular formula is C16H19N3O. The molecule has 1 amide bonds. The highest BCUT2D eigenvalue weighted by atomic mass is 16.2. The van der Waals surface area contributed by atoms with E-state index < -0.39 is 0 Å². The van der Waals surface area contributed by atoms with Crippen molar-refractivity contribution in [2.75, 3.05) is 10.7 Å². The van der Waals surface area contributed by atoms with E-state index in [1.165, 1.54) is 5.56 Å². The number of carbonyl (C=O) groups is 1. The van der Waals surface area contributed by atoms with Crippen LogP contribution in [0, 0.1) is 13.8 Å². The first-order chi connectivity index (χ1) is 9.65. The van der Waals surface area contributed by atoms with Gasteiger partial charge in [0.2, 0.25) is 5.91 Å². The van der Waals surface area contributed by atoms with Crippen LogP contribution in [-0.4, -0.2) is 16.6 Å². The second kappa shape index (κ2) is 5.04. The fraction of sp³-hybridized carbons (Fsp3) is 0.312. The van der Waals surface area contributed by atoms with Crippen molar-refractivity contribution < 1.29 is 4.79 Å². The molecule has 0 spiro atoms. The lowest BCUT2D eigenvalue weighted by atomic mass is 10.1. The number of benzene rings is 1. The summed E-state index contributed by atoms with van der Waals surface area (Å²) in [5.41, 5.74) is 7.68. The Bertz CT molecular complexity index is 625. The zero-order valence-electron chi connectivity index (χ0n) is 11.8. The highest BCUT2D eigenvalue weighted by molar-refractivity contribution is 5.97. The van der Waals surface area contributed by atoms with Gasteiger partial charge in [-0.15, -0.1) is 0 Å². The summed E-state index contributed by atoms with van der Waals surface area (Å²) < 4.78 is 1.99. The van der Waals surface area contributed by atoms with Gasteiger partial charge in [0, 0.05) is 17.1 Å². The SMILES string of the molecule is Cc1ccc(C)n1NC1CCc2ccccc2NC1=O. The summed E-state index contributed by atoms with van der Waals surface area (Å²) in [6.45, 7) is 4.06. The van der Waals surface area contributed by atoms with Crippen molar-refractivity contribution in [1.82, 2.24) is 4.68 Å². The average molecular weight is 269 g/mol. The zero-order valence-corrected chi connectivity index (χ0v) is 11.8. The third kappa shape index (κ3) is 2.29. The van der Waals surface area contributed by atoms with Crippen molar-refractivity contribution >= 4 is 11.6 Å². The second-order valence-corrected chi connectivity index (χ2v) is 5.32.